The molecule has 19 heavy (non-hydrogen) atoms. The number of nitrogens with zero attached hydrogens (tertiary/aromatic N) is 3. The molecule has 0 aliphatic rings. The van der Waals surface area contributed by atoms with Crippen molar-refractivity contribution in [3.63, 3.8) is 0 Å². The Morgan fingerprint density at radius 1 is 1.42 bits per heavy atom. The highest BCUT2D eigenvalue weighted by Gasteiger charge is 2.08. The van der Waals surface area contributed by atoms with Crippen molar-refractivity contribution in [1.82, 2.24) is 14.8 Å². The third-order valence-electron chi connectivity index (χ3n) is 3.04. The predicted octanol–water partition coefficient (Wildman–Crippen LogP) is 2.18. The second kappa shape index (κ2) is 6.13. The van der Waals surface area contributed by atoms with Crippen LogP contribution in [0.25, 0.3) is 0 Å². The minimum Gasteiger partial charge on any atom is -0.326 e. The zero-order valence-corrected chi connectivity index (χ0v) is 11.3. The lowest BCUT2D eigenvalue weighted by atomic mass is 10.1. The van der Waals surface area contributed by atoms with Crippen LogP contribution in [0.2, 0.25) is 0 Å². The number of nitrogens with one attached hydrogen (secondary N) is 1. The summed E-state index contributed by atoms with van der Waals surface area (Å²) in [6.07, 6.45) is 4.37. The van der Waals surface area contributed by atoms with E-state index in [2.05, 4.69) is 22.3 Å². The first kappa shape index (κ1) is 13.3. The number of aromatic nitrogens is 3. The average Bonchev–Trinajstić information content (AvgIpc) is 2.92. The number of rotatable bonds is 5. The molecule has 0 aliphatic heterocycles. The fourth-order valence-corrected chi connectivity index (χ4v) is 1.97. The van der Waals surface area contributed by atoms with Crippen molar-refractivity contribution in [2.24, 2.45) is 0 Å². The summed E-state index contributed by atoms with van der Waals surface area (Å²) in [6.45, 7) is 4.63. The van der Waals surface area contributed by atoms with Gasteiger partial charge in [-0.25, -0.2) is 4.98 Å². The minimum absolute atomic E-state index is 0.000463. The molecular formula is C14H18N4O. The number of benzene rings is 1. The largest absolute Gasteiger partial charge is 0.326 e. The number of hydrogen-bond acceptors (Lipinski definition) is 3. The fraction of sp³-hybridized carbons (Fsp3) is 0.357. The molecule has 0 saturated carbocycles. The Morgan fingerprint density at radius 2 is 2.26 bits per heavy atom. The van der Waals surface area contributed by atoms with Crippen molar-refractivity contribution in [1.29, 1.82) is 0 Å². The van der Waals surface area contributed by atoms with E-state index in [4.69, 9.17) is 0 Å². The maximum Gasteiger partial charge on any atom is 0.226 e. The molecule has 0 saturated heterocycles. The van der Waals surface area contributed by atoms with Crippen LogP contribution in [0.4, 0.5) is 5.69 Å². The summed E-state index contributed by atoms with van der Waals surface area (Å²) in [5.41, 5.74) is 3.19. The van der Waals surface area contributed by atoms with Gasteiger partial charge in [-0.15, -0.1) is 0 Å². The van der Waals surface area contributed by atoms with Crippen LogP contribution in [-0.2, 0) is 17.8 Å². The Balaban J connectivity index is 1.99. The van der Waals surface area contributed by atoms with Crippen LogP contribution in [0.5, 0.6) is 0 Å². The van der Waals surface area contributed by atoms with E-state index in [-0.39, 0.29) is 5.91 Å². The first-order valence-electron chi connectivity index (χ1n) is 6.41. The molecular weight excluding hydrogens is 240 g/mol. The summed E-state index contributed by atoms with van der Waals surface area (Å²) in [5.74, 6) is -0.000463. The number of carbonyl (C=O) groups excluding carboxylic acids is 1. The maximum atomic E-state index is 12.0. The number of anilines is 1. The Labute approximate surface area is 112 Å². The lowest BCUT2D eigenvalue weighted by molar-refractivity contribution is -0.116. The summed E-state index contributed by atoms with van der Waals surface area (Å²) in [5, 5.41) is 6.96. The van der Waals surface area contributed by atoms with Crippen LogP contribution in [-0.4, -0.2) is 20.7 Å². The first-order valence-corrected chi connectivity index (χ1v) is 6.41. The lowest BCUT2D eigenvalue weighted by Gasteiger charge is -2.12. The van der Waals surface area contributed by atoms with E-state index < -0.39 is 0 Å². The van der Waals surface area contributed by atoms with Gasteiger partial charge in [-0.1, -0.05) is 25.1 Å². The number of aryl methyl sites for hydroxylation is 3. The Bertz CT molecular complexity index is 549. The fourth-order valence-electron chi connectivity index (χ4n) is 1.97. The zero-order valence-electron chi connectivity index (χ0n) is 11.3. The molecule has 0 bridgehead atoms. The highest BCUT2D eigenvalue weighted by molar-refractivity contribution is 5.92. The van der Waals surface area contributed by atoms with E-state index in [9.17, 15) is 4.79 Å². The van der Waals surface area contributed by atoms with E-state index in [0.717, 1.165) is 23.2 Å². The Morgan fingerprint density at radius 3 is 2.95 bits per heavy atom. The van der Waals surface area contributed by atoms with Crippen molar-refractivity contribution in [3.8, 4) is 0 Å². The summed E-state index contributed by atoms with van der Waals surface area (Å²) in [7, 11) is 0. The van der Waals surface area contributed by atoms with Crippen molar-refractivity contribution in [2.75, 3.05) is 5.32 Å². The minimum atomic E-state index is -0.000463. The molecule has 1 N–H and O–H groups in total. The Kier molecular flexibility index (Phi) is 4.28. The molecule has 0 fully saturated rings. The van der Waals surface area contributed by atoms with Crippen LogP contribution in [0, 0.1) is 6.92 Å². The molecule has 1 heterocycles. The Hall–Kier alpha value is -2.17. The summed E-state index contributed by atoms with van der Waals surface area (Å²) in [6, 6.07) is 6.06. The molecule has 100 valence electrons. The number of para-hydroxylation sites is 1. The molecule has 5 nitrogen and oxygen atoms in total. The monoisotopic (exact) mass is 258 g/mol. The molecule has 0 radical (unpaired) electrons. The third-order valence-corrected chi connectivity index (χ3v) is 3.04. The van der Waals surface area contributed by atoms with Gasteiger partial charge in [0.05, 0.1) is 6.54 Å². The second-order valence-electron chi connectivity index (χ2n) is 4.42. The summed E-state index contributed by atoms with van der Waals surface area (Å²) < 4.78 is 1.65. The van der Waals surface area contributed by atoms with Gasteiger partial charge in [-0.3, -0.25) is 9.48 Å². The van der Waals surface area contributed by atoms with Gasteiger partial charge >= 0.3 is 0 Å². The third kappa shape index (κ3) is 3.40. The first-order chi connectivity index (χ1) is 9.20. The van der Waals surface area contributed by atoms with Gasteiger partial charge < -0.3 is 5.32 Å². The normalized spacial score (nSPS) is 10.4. The quantitative estimate of drug-likeness (QED) is 0.894. The molecule has 0 aliphatic carbocycles. The van der Waals surface area contributed by atoms with Gasteiger partial charge in [0.1, 0.15) is 12.7 Å². The SMILES string of the molecule is CCc1cccc(C)c1NC(=O)CCn1cncn1. The van der Waals surface area contributed by atoms with Crippen molar-refractivity contribution in [2.45, 2.75) is 33.2 Å². The van der Waals surface area contributed by atoms with Crippen LogP contribution < -0.4 is 5.32 Å². The van der Waals surface area contributed by atoms with E-state index >= 15 is 0 Å². The smallest absolute Gasteiger partial charge is 0.226 e. The van der Waals surface area contributed by atoms with Crippen molar-refractivity contribution < 1.29 is 4.79 Å². The van der Waals surface area contributed by atoms with Crippen LogP contribution in [0.15, 0.2) is 30.9 Å². The van der Waals surface area contributed by atoms with Crippen molar-refractivity contribution >= 4 is 11.6 Å². The maximum absolute atomic E-state index is 12.0. The van der Waals surface area contributed by atoms with Crippen LogP contribution in [0.3, 0.4) is 0 Å². The molecule has 0 atom stereocenters. The predicted molar refractivity (Wildman–Crippen MR) is 73.8 cm³/mol. The lowest BCUT2D eigenvalue weighted by Crippen LogP contribution is -2.16. The second-order valence-corrected chi connectivity index (χ2v) is 4.42. The summed E-state index contributed by atoms with van der Waals surface area (Å²) in [4.78, 5) is 15.8. The number of carbonyl (C=O) groups is 1. The molecule has 1 aromatic carbocycles. The van der Waals surface area contributed by atoms with Gasteiger partial charge in [-0.2, -0.15) is 5.10 Å². The van der Waals surface area contributed by atoms with Gasteiger partial charge in [0, 0.05) is 12.1 Å². The van der Waals surface area contributed by atoms with E-state index in [0.29, 0.717) is 13.0 Å². The van der Waals surface area contributed by atoms with Crippen molar-refractivity contribution in [3.05, 3.63) is 42.0 Å². The topological polar surface area (TPSA) is 59.8 Å². The molecule has 1 amide bonds. The van der Waals surface area contributed by atoms with Gasteiger partial charge in [0.2, 0.25) is 5.91 Å². The molecule has 0 spiro atoms. The van der Waals surface area contributed by atoms with Gasteiger partial charge in [-0.05, 0) is 24.5 Å². The number of amides is 1. The number of hydrogen-bond donors (Lipinski definition) is 1. The van der Waals surface area contributed by atoms with Gasteiger partial charge in [0.15, 0.2) is 0 Å². The molecule has 0 unspecified atom stereocenters. The van der Waals surface area contributed by atoms with Gasteiger partial charge in [0.25, 0.3) is 0 Å². The highest BCUT2D eigenvalue weighted by Crippen LogP contribution is 2.21. The van der Waals surface area contributed by atoms with Crippen LogP contribution in [0.1, 0.15) is 24.5 Å². The zero-order chi connectivity index (χ0) is 13.7. The molecule has 1 aromatic heterocycles. The van der Waals surface area contributed by atoms with Crippen LogP contribution >= 0.6 is 0 Å². The molecule has 2 aromatic rings. The standard InChI is InChI=1S/C14H18N4O/c1-3-12-6-4-5-11(2)14(12)17-13(19)7-8-18-10-15-9-16-18/h4-6,9-10H,3,7-8H2,1-2H3,(H,17,19). The molecule has 5 heteroatoms. The van der Waals surface area contributed by atoms with E-state index in [1.165, 1.54) is 6.33 Å². The highest BCUT2D eigenvalue weighted by atomic mass is 16.1. The van der Waals surface area contributed by atoms with E-state index in [1.807, 2.05) is 25.1 Å². The molecule has 2 rings (SSSR count). The average molecular weight is 258 g/mol. The van der Waals surface area contributed by atoms with E-state index in [1.54, 1.807) is 11.0 Å². The summed E-state index contributed by atoms with van der Waals surface area (Å²) >= 11 is 0.